The summed E-state index contributed by atoms with van der Waals surface area (Å²) in [6.45, 7) is 3.80. The standard InChI is InChI=1S/C14H19NO3/c1-10(2)13(9-16)15-14(18)8-5-11-3-6-12(17)7-4-11/h3-8,10,13,16-17H,9H2,1-2H3,(H,15,18)/t13-/m1/s1. The molecule has 0 heterocycles. The van der Waals surface area contributed by atoms with E-state index >= 15 is 0 Å². The molecule has 0 unspecified atom stereocenters. The lowest BCUT2D eigenvalue weighted by Gasteiger charge is -2.18. The van der Waals surface area contributed by atoms with Crippen molar-refractivity contribution >= 4 is 12.0 Å². The Bertz CT molecular complexity index is 410. The van der Waals surface area contributed by atoms with E-state index in [1.807, 2.05) is 13.8 Å². The van der Waals surface area contributed by atoms with Gasteiger partial charge in [0.25, 0.3) is 0 Å². The summed E-state index contributed by atoms with van der Waals surface area (Å²) in [6.07, 6.45) is 3.07. The van der Waals surface area contributed by atoms with Crippen molar-refractivity contribution in [3.8, 4) is 5.75 Å². The largest absolute Gasteiger partial charge is 0.508 e. The van der Waals surface area contributed by atoms with Gasteiger partial charge in [0, 0.05) is 6.08 Å². The molecular weight excluding hydrogens is 230 g/mol. The van der Waals surface area contributed by atoms with E-state index in [1.54, 1.807) is 30.3 Å². The van der Waals surface area contributed by atoms with Crippen LogP contribution in [0.4, 0.5) is 0 Å². The summed E-state index contributed by atoms with van der Waals surface area (Å²) in [4.78, 5) is 11.6. The van der Waals surface area contributed by atoms with Gasteiger partial charge in [-0.2, -0.15) is 0 Å². The fourth-order valence-corrected chi connectivity index (χ4v) is 1.41. The maximum atomic E-state index is 11.6. The van der Waals surface area contributed by atoms with Gasteiger partial charge in [-0.1, -0.05) is 26.0 Å². The fourth-order valence-electron chi connectivity index (χ4n) is 1.41. The van der Waals surface area contributed by atoms with Crippen molar-refractivity contribution in [1.29, 1.82) is 0 Å². The molecule has 0 aliphatic carbocycles. The highest BCUT2D eigenvalue weighted by atomic mass is 16.3. The van der Waals surface area contributed by atoms with Crippen molar-refractivity contribution in [1.82, 2.24) is 5.32 Å². The molecule has 0 spiro atoms. The molecule has 1 aromatic carbocycles. The Balaban J connectivity index is 2.56. The Hall–Kier alpha value is -1.81. The minimum atomic E-state index is -0.240. The zero-order chi connectivity index (χ0) is 13.5. The molecule has 1 amide bonds. The van der Waals surface area contributed by atoms with Crippen LogP contribution in [0.5, 0.6) is 5.75 Å². The van der Waals surface area contributed by atoms with E-state index in [4.69, 9.17) is 10.2 Å². The van der Waals surface area contributed by atoms with E-state index < -0.39 is 0 Å². The number of nitrogens with one attached hydrogen (secondary N) is 1. The van der Waals surface area contributed by atoms with Gasteiger partial charge in [0.05, 0.1) is 12.6 Å². The first-order chi connectivity index (χ1) is 8.52. The number of hydrogen-bond acceptors (Lipinski definition) is 3. The number of aromatic hydroxyl groups is 1. The predicted octanol–water partition coefficient (Wildman–Crippen LogP) is 1.54. The van der Waals surface area contributed by atoms with E-state index in [9.17, 15) is 4.79 Å². The van der Waals surface area contributed by atoms with Crippen LogP contribution in [-0.4, -0.2) is 28.8 Å². The van der Waals surface area contributed by atoms with Crippen molar-refractivity contribution in [2.75, 3.05) is 6.61 Å². The van der Waals surface area contributed by atoms with Crippen molar-refractivity contribution in [3.63, 3.8) is 0 Å². The summed E-state index contributed by atoms with van der Waals surface area (Å²) >= 11 is 0. The first-order valence-electron chi connectivity index (χ1n) is 5.91. The Kier molecular flexibility index (Phi) is 5.39. The molecule has 0 fully saturated rings. The first-order valence-corrected chi connectivity index (χ1v) is 5.91. The number of aliphatic hydroxyl groups excluding tert-OH is 1. The minimum Gasteiger partial charge on any atom is -0.508 e. The van der Waals surface area contributed by atoms with Gasteiger partial charge in [-0.25, -0.2) is 0 Å². The third-order valence-corrected chi connectivity index (χ3v) is 2.65. The number of aliphatic hydroxyl groups is 1. The maximum Gasteiger partial charge on any atom is 0.244 e. The number of carbonyl (C=O) groups excluding carboxylic acids is 1. The summed E-state index contributed by atoms with van der Waals surface area (Å²) in [5, 5.41) is 20.9. The lowest BCUT2D eigenvalue weighted by molar-refractivity contribution is -0.117. The maximum absolute atomic E-state index is 11.6. The highest BCUT2D eigenvalue weighted by Crippen LogP contribution is 2.10. The van der Waals surface area contributed by atoms with Crippen LogP contribution < -0.4 is 5.32 Å². The van der Waals surface area contributed by atoms with E-state index in [0.717, 1.165) is 5.56 Å². The summed E-state index contributed by atoms with van der Waals surface area (Å²) < 4.78 is 0. The van der Waals surface area contributed by atoms with Crippen LogP contribution in [0.2, 0.25) is 0 Å². The zero-order valence-corrected chi connectivity index (χ0v) is 10.6. The SMILES string of the molecule is CC(C)[C@@H](CO)NC(=O)C=Cc1ccc(O)cc1. The normalized spacial score (nSPS) is 12.9. The number of rotatable bonds is 5. The van der Waals surface area contributed by atoms with Gasteiger partial charge in [0.1, 0.15) is 5.75 Å². The second-order valence-corrected chi connectivity index (χ2v) is 4.47. The Labute approximate surface area is 107 Å². The van der Waals surface area contributed by atoms with E-state index in [1.165, 1.54) is 6.08 Å². The highest BCUT2D eigenvalue weighted by molar-refractivity contribution is 5.91. The molecule has 0 bridgehead atoms. The molecule has 4 nitrogen and oxygen atoms in total. The summed E-state index contributed by atoms with van der Waals surface area (Å²) in [7, 11) is 0. The third-order valence-electron chi connectivity index (χ3n) is 2.65. The summed E-state index contributed by atoms with van der Waals surface area (Å²) in [5.41, 5.74) is 0.827. The van der Waals surface area contributed by atoms with Crippen molar-refractivity contribution in [2.24, 2.45) is 5.92 Å². The Morgan fingerprint density at radius 1 is 1.33 bits per heavy atom. The summed E-state index contributed by atoms with van der Waals surface area (Å²) in [5.74, 6) is 0.133. The van der Waals surface area contributed by atoms with E-state index in [2.05, 4.69) is 5.32 Å². The van der Waals surface area contributed by atoms with E-state index in [-0.39, 0.29) is 30.2 Å². The highest BCUT2D eigenvalue weighted by Gasteiger charge is 2.12. The molecule has 0 saturated heterocycles. The molecule has 1 aromatic rings. The second kappa shape index (κ2) is 6.81. The fraction of sp³-hybridized carbons (Fsp3) is 0.357. The first kappa shape index (κ1) is 14.3. The van der Waals surface area contributed by atoms with Crippen molar-refractivity contribution in [2.45, 2.75) is 19.9 Å². The number of phenolic OH excluding ortho intramolecular Hbond substituents is 1. The molecule has 0 aromatic heterocycles. The van der Waals surface area contributed by atoms with Crippen LogP contribution in [0.25, 0.3) is 6.08 Å². The van der Waals surface area contributed by atoms with Crippen molar-refractivity contribution in [3.05, 3.63) is 35.9 Å². The molecule has 98 valence electrons. The quantitative estimate of drug-likeness (QED) is 0.693. The number of carbonyl (C=O) groups is 1. The van der Waals surface area contributed by atoms with Crippen LogP contribution in [0.15, 0.2) is 30.3 Å². The van der Waals surface area contributed by atoms with Crippen LogP contribution >= 0.6 is 0 Å². The lowest BCUT2D eigenvalue weighted by Crippen LogP contribution is -2.40. The van der Waals surface area contributed by atoms with Gasteiger partial charge >= 0.3 is 0 Å². The molecule has 3 N–H and O–H groups in total. The van der Waals surface area contributed by atoms with Gasteiger partial charge in [-0.05, 0) is 29.7 Å². The number of amides is 1. The molecule has 18 heavy (non-hydrogen) atoms. The number of phenols is 1. The predicted molar refractivity (Wildman–Crippen MR) is 71.0 cm³/mol. The molecule has 0 radical (unpaired) electrons. The van der Waals surface area contributed by atoms with Crippen LogP contribution in [0, 0.1) is 5.92 Å². The Morgan fingerprint density at radius 2 is 1.94 bits per heavy atom. The van der Waals surface area contributed by atoms with E-state index in [0.29, 0.717) is 0 Å². The van der Waals surface area contributed by atoms with Crippen LogP contribution in [0.1, 0.15) is 19.4 Å². The topological polar surface area (TPSA) is 69.6 Å². The summed E-state index contributed by atoms with van der Waals surface area (Å²) in [6, 6.07) is 6.31. The van der Waals surface area contributed by atoms with Crippen LogP contribution in [-0.2, 0) is 4.79 Å². The molecule has 1 atom stereocenters. The van der Waals surface area contributed by atoms with Gasteiger partial charge in [-0.3, -0.25) is 4.79 Å². The Morgan fingerprint density at radius 3 is 2.44 bits per heavy atom. The molecule has 1 rings (SSSR count). The smallest absolute Gasteiger partial charge is 0.244 e. The van der Waals surface area contributed by atoms with Crippen LogP contribution in [0.3, 0.4) is 0 Å². The molecule has 0 aliphatic heterocycles. The van der Waals surface area contributed by atoms with Gasteiger partial charge < -0.3 is 15.5 Å². The second-order valence-electron chi connectivity index (χ2n) is 4.47. The molecular formula is C14H19NO3. The van der Waals surface area contributed by atoms with Gasteiger partial charge in [0.2, 0.25) is 5.91 Å². The van der Waals surface area contributed by atoms with Gasteiger partial charge in [0.15, 0.2) is 0 Å². The molecule has 0 saturated carbocycles. The monoisotopic (exact) mass is 249 g/mol. The number of benzene rings is 1. The third kappa shape index (κ3) is 4.59. The zero-order valence-electron chi connectivity index (χ0n) is 10.6. The molecule has 0 aliphatic rings. The molecule has 4 heteroatoms. The average molecular weight is 249 g/mol. The lowest BCUT2D eigenvalue weighted by atomic mass is 10.1. The minimum absolute atomic E-state index is 0.0730. The number of hydrogen-bond donors (Lipinski definition) is 3. The van der Waals surface area contributed by atoms with Gasteiger partial charge in [-0.15, -0.1) is 0 Å². The van der Waals surface area contributed by atoms with Crippen molar-refractivity contribution < 1.29 is 15.0 Å². The average Bonchev–Trinajstić information content (AvgIpc) is 2.35.